The van der Waals surface area contributed by atoms with Gasteiger partial charge >= 0.3 is 6.09 Å². The van der Waals surface area contributed by atoms with Crippen LogP contribution >= 0.6 is 11.3 Å². The van der Waals surface area contributed by atoms with E-state index in [9.17, 15) is 9.59 Å². The van der Waals surface area contributed by atoms with Crippen LogP contribution in [0.3, 0.4) is 0 Å². The van der Waals surface area contributed by atoms with E-state index in [2.05, 4.69) is 5.32 Å². The van der Waals surface area contributed by atoms with Crippen molar-refractivity contribution < 1.29 is 14.3 Å². The lowest BCUT2D eigenvalue weighted by Crippen LogP contribution is -2.33. The molecule has 106 valence electrons. The summed E-state index contributed by atoms with van der Waals surface area (Å²) < 4.78 is 5.11. The predicted octanol–water partition coefficient (Wildman–Crippen LogP) is 3.63. The quantitative estimate of drug-likeness (QED) is 0.640. The highest BCUT2D eigenvalue weighted by molar-refractivity contribution is 7.08. The third-order valence-electron chi connectivity index (χ3n) is 2.34. The number of rotatable bonds is 6. The molecule has 0 unspecified atom stereocenters. The van der Waals surface area contributed by atoms with Gasteiger partial charge in [0.15, 0.2) is 5.78 Å². The second-order valence-electron chi connectivity index (χ2n) is 5.32. The molecular weight excluding hydrogens is 262 g/mol. The third-order valence-corrected chi connectivity index (χ3v) is 3.03. The van der Waals surface area contributed by atoms with Crippen molar-refractivity contribution in [3.05, 3.63) is 22.4 Å². The highest BCUT2D eigenvalue weighted by atomic mass is 32.1. The Balaban J connectivity index is 2.09. The minimum absolute atomic E-state index is 0.165. The molecule has 0 bridgehead atoms. The summed E-state index contributed by atoms with van der Waals surface area (Å²) in [6.45, 7) is 6.01. The Bertz CT molecular complexity index is 407. The molecule has 19 heavy (non-hydrogen) atoms. The molecule has 1 rings (SSSR count). The number of alkyl carbamates (subject to hydrolysis) is 1. The van der Waals surface area contributed by atoms with Crippen LogP contribution in [0.1, 0.15) is 50.4 Å². The predicted molar refractivity (Wildman–Crippen MR) is 76.7 cm³/mol. The molecule has 1 aromatic heterocycles. The Morgan fingerprint density at radius 2 is 2.05 bits per heavy atom. The normalized spacial score (nSPS) is 11.1. The van der Waals surface area contributed by atoms with Crippen molar-refractivity contribution in [1.82, 2.24) is 5.32 Å². The van der Waals surface area contributed by atoms with E-state index in [1.165, 1.54) is 11.3 Å². The minimum Gasteiger partial charge on any atom is -0.444 e. The average Bonchev–Trinajstić information content (AvgIpc) is 2.79. The molecule has 0 fully saturated rings. The first kappa shape index (κ1) is 15.7. The zero-order valence-corrected chi connectivity index (χ0v) is 12.5. The number of Topliss-reactive ketones (excluding diaryl/α,β-unsaturated/α-hetero) is 1. The minimum atomic E-state index is -0.473. The molecular formula is C14H21NO3S. The second kappa shape index (κ2) is 7.28. The van der Waals surface area contributed by atoms with Crippen molar-refractivity contribution in [1.29, 1.82) is 0 Å². The van der Waals surface area contributed by atoms with E-state index in [1.54, 1.807) is 0 Å². The van der Waals surface area contributed by atoms with Crippen molar-refractivity contribution in [2.45, 2.75) is 45.6 Å². The first-order valence-electron chi connectivity index (χ1n) is 6.41. The van der Waals surface area contributed by atoms with Gasteiger partial charge in [-0.25, -0.2) is 4.79 Å². The van der Waals surface area contributed by atoms with Crippen molar-refractivity contribution in [3.63, 3.8) is 0 Å². The second-order valence-corrected chi connectivity index (χ2v) is 6.10. The van der Waals surface area contributed by atoms with Crippen LogP contribution in [-0.4, -0.2) is 24.0 Å². The van der Waals surface area contributed by atoms with E-state index in [0.29, 0.717) is 13.0 Å². The lowest BCUT2D eigenvalue weighted by molar-refractivity contribution is 0.0527. The summed E-state index contributed by atoms with van der Waals surface area (Å²) in [5, 5.41) is 6.44. The van der Waals surface area contributed by atoms with Gasteiger partial charge in [0.05, 0.1) is 0 Å². The fourth-order valence-corrected chi connectivity index (χ4v) is 2.14. The van der Waals surface area contributed by atoms with Gasteiger partial charge in [-0.1, -0.05) is 0 Å². The molecule has 0 saturated heterocycles. The van der Waals surface area contributed by atoms with Gasteiger partial charge in [-0.05, 0) is 45.1 Å². The maximum Gasteiger partial charge on any atom is 0.407 e. The van der Waals surface area contributed by atoms with Crippen molar-refractivity contribution in [2.24, 2.45) is 0 Å². The summed E-state index contributed by atoms with van der Waals surface area (Å²) in [6, 6.07) is 1.84. The zero-order chi connectivity index (χ0) is 14.3. The van der Waals surface area contributed by atoms with Gasteiger partial charge in [0.2, 0.25) is 0 Å². The molecule has 0 radical (unpaired) electrons. The number of carbonyl (C=O) groups is 2. The topological polar surface area (TPSA) is 55.4 Å². The molecule has 0 spiro atoms. The first-order chi connectivity index (χ1) is 8.88. The Labute approximate surface area is 118 Å². The van der Waals surface area contributed by atoms with Crippen molar-refractivity contribution >= 4 is 23.2 Å². The zero-order valence-electron chi connectivity index (χ0n) is 11.7. The number of ether oxygens (including phenoxy) is 1. The number of hydrogen-bond donors (Lipinski definition) is 1. The summed E-state index contributed by atoms with van der Waals surface area (Å²) in [4.78, 5) is 23.0. The standard InChI is InChI=1S/C14H21NO3S/c1-14(2,3)18-13(17)15-8-5-4-6-12(16)11-7-9-19-10-11/h7,9-10H,4-6,8H2,1-3H3,(H,15,17). The van der Waals surface area contributed by atoms with Crippen LogP contribution in [-0.2, 0) is 4.74 Å². The number of hydrogen-bond acceptors (Lipinski definition) is 4. The van der Waals surface area contributed by atoms with E-state index < -0.39 is 11.7 Å². The summed E-state index contributed by atoms with van der Waals surface area (Å²) in [5.41, 5.74) is 0.309. The Morgan fingerprint density at radius 1 is 1.32 bits per heavy atom. The maximum absolute atomic E-state index is 11.7. The number of thiophene rings is 1. The molecule has 0 aliphatic carbocycles. The lowest BCUT2D eigenvalue weighted by atomic mass is 10.1. The van der Waals surface area contributed by atoms with Crippen molar-refractivity contribution in [2.75, 3.05) is 6.54 Å². The van der Waals surface area contributed by atoms with Crippen LogP contribution in [0.25, 0.3) is 0 Å². The smallest absolute Gasteiger partial charge is 0.407 e. The molecule has 4 nitrogen and oxygen atoms in total. The maximum atomic E-state index is 11.7. The van der Waals surface area contributed by atoms with Gasteiger partial charge < -0.3 is 10.1 Å². The third kappa shape index (κ3) is 6.96. The van der Waals surface area contributed by atoms with Gasteiger partial charge in [0.1, 0.15) is 5.60 Å². The van der Waals surface area contributed by atoms with Crippen molar-refractivity contribution in [3.8, 4) is 0 Å². The Morgan fingerprint density at radius 3 is 2.63 bits per heavy atom. The van der Waals surface area contributed by atoms with E-state index in [0.717, 1.165) is 18.4 Å². The average molecular weight is 283 g/mol. The van der Waals surface area contributed by atoms with E-state index >= 15 is 0 Å². The van der Waals surface area contributed by atoms with Crippen LogP contribution < -0.4 is 5.32 Å². The van der Waals surface area contributed by atoms with Gasteiger partial charge in [-0.2, -0.15) is 11.3 Å². The number of unbranched alkanes of at least 4 members (excludes halogenated alkanes) is 1. The molecule has 5 heteroatoms. The Kier molecular flexibility index (Phi) is 6.02. The lowest BCUT2D eigenvalue weighted by Gasteiger charge is -2.19. The number of amides is 1. The molecule has 1 N–H and O–H groups in total. The van der Waals surface area contributed by atoms with E-state index in [-0.39, 0.29) is 5.78 Å². The summed E-state index contributed by atoms with van der Waals surface area (Å²) in [6.07, 6.45) is 1.66. The molecule has 1 aromatic rings. The van der Waals surface area contributed by atoms with Gasteiger partial charge in [-0.3, -0.25) is 4.79 Å². The molecule has 0 saturated carbocycles. The number of nitrogens with one attached hydrogen (secondary N) is 1. The van der Waals surface area contributed by atoms with Crippen LogP contribution in [0, 0.1) is 0 Å². The van der Waals surface area contributed by atoms with Gasteiger partial charge in [0, 0.05) is 23.9 Å². The summed E-state index contributed by atoms with van der Waals surface area (Å²) in [7, 11) is 0. The monoisotopic (exact) mass is 283 g/mol. The highest BCUT2D eigenvalue weighted by Gasteiger charge is 2.15. The largest absolute Gasteiger partial charge is 0.444 e. The molecule has 1 heterocycles. The van der Waals surface area contributed by atoms with E-state index in [1.807, 2.05) is 37.6 Å². The molecule has 0 aromatic carbocycles. The Hall–Kier alpha value is -1.36. The summed E-state index contributed by atoms with van der Waals surface area (Å²) in [5.74, 6) is 0.165. The summed E-state index contributed by atoms with van der Waals surface area (Å²) >= 11 is 1.53. The molecule has 0 aliphatic rings. The molecule has 0 aliphatic heterocycles. The number of carbonyl (C=O) groups excluding carboxylic acids is 2. The highest BCUT2D eigenvalue weighted by Crippen LogP contribution is 2.11. The van der Waals surface area contributed by atoms with Crippen LogP contribution in [0.5, 0.6) is 0 Å². The first-order valence-corrected chi connectivity index (χ1v) is 7.35. The molecule has 0 atom stereocenters. The SMILES string of the molecule is CC(C)(C)OC(=O)NCCCCC(=O)c1ccsc1. The van der Waals surface area contributed by atoms with Gasteiger partial charge in [0.25, 0.3) is 0 Å². The van der Waals surface area contributed by atoms with Crippen LogP contribution in [0.2, 0.25) is 0 Å². The van der Waals surface area contributed by atoms with Crippen LogP contribution in [0.15, 0.2) is 16.8 Å². The number of ketones is 1. The van der Waals surface area contributed by atoms with Gasteiger partial charge in [-0.15, -0.1) is 0 Å². The molecule has 1 amide bonds. The fourth-order valence-electron chi connectivity index (χ4n) is 1.48. The van der Waals surface area contributed by atoms with E-state index in [4.69, 9.17) is 4.74 Å². The fraction of sp³-hybridized carbons (Fsp3) is 0.571. The van der Waals surface area contributed by atoms with Crippen LogP contribution in [0.4, 0.5) is 4.79 Å².